The maximum atomic E-state index is 12.5. The molecule has 1 saturated heterocycles. The summed E-state index contributed by atoms with van der Waals surface area (Å²) in [7, 11) is 0. The summed E-state index contributed by atoms with van der Waals surface area (Å²) in [4.78, 5) is 26.6. The van der Waals surface area contributed by atoms with Crippen LogP contribution in [0.25, 0.3) is 0 Å². The van der Waals surface area contributed by atoms with Crippen LogP contribution in [0.4, 0.5) is 0 Å². The Labute approximate surface area is 166 Å². The second kappa shape index (κ2) is 8.91. The summed E-state index contributed by atoms with van der Waals surface area (Å²) in [6.45, 7) is 7.36. The fraction of sp³-hybridized carbons (Fsp3) is 0.391. The van der Waals surface area contributed by atoms with Crippen LogP contribution in [0.2, 0.25) is 0 Å². The molecule has 1 fully saturated rings. The number of hydrogen-bond acceptors (Lipinski definition) is 3. The average Bonchev–Trinajstić information content (AvgIpc) is 2.72. The molecule has 0 radical (unpaired) electrons. The molecule has 2 amide bonds. The molecule has 0 saturated carbocycles. The van der Waals surface area contributed by atoms with Crippen LogP contribution in [0.15, 0.2) is 42.5 Å². The third-order valence-electron chi connectivity index (χ3n) is 5.43. The van der Waals surface area contributed by atoms with Gasteiger partial charge in [-0.15, -0.1) is 0 Å². The number of ether oxygens (including phenoxy) is 1. The summed E-state index contributed by atoms with van der Waals surface area (Å²) in [5.41, 5.74) is 3.94. The van der Waals surface area contributed by atoms with Gasteiger partial charge in [-0.2, -0.15) is 0 Å². The molecule has 1 N–H and O–H groups in total. The van der Waals surface area contributed by atoms with Crippen LogP contribution < -0.4 is 10.1 Å². The number of carbonyl (C=O) groups excluding carboxylic acids is 2. The molecule has 0 aliphatic carbocycles. The Morgan fingerprint density at radius 1 is 1.00 bits per heavy atom. The third kappa shape index (κ3) is 4.71. The molecule has 3 rings (SSSR count). The second-order valence-electron chi connectivity index (χ2n) is 7.44. The summed E-state index contributed by atoms with van der Waals surface area (Å²) < 4.78 is 5.85. The van der Waals surface area contributed by atoms with E-state index in [1.54, 1.807) is 12.1 Å². The number of nitrogens with zero attached hydrogens (tertiary/aromatic N) is 1. The van der Waals surface area contributed by atoms with Crippen LogP contribution in [-0.4, -0.2) is 42.5 Å². The lowest BCUT2D eigenvalue weighted by Crippen LogP contribution is -2.47. The Bertz CT molecular complexity index is 840. The molecular weight excluding hydrogens is 352 g/mol. The van der Waals surface area contributed by atoms with E-state index < -0.39 is 0 Å². The van der Waals surface area contributed by atoms with E-state index in [1.165, 1.54) is 0 Å². The van der Waals surface area contributed by atoms with Gasteiger partial charge in [-0.3, -0.25) is 9.59 Å². The largest absolute Gasteiger partial charge is 0.483 e. The highest BCUT2D eigenvalue weighted by atomic mass is 16.5. The van der Waals surface area contributed by atoms with Crippen molar-refractivity contribution >= 4 is 11.8 Å². The zero-order valence-electron chi connectivity index (χ0n) is 16.8. The van der Waals surface area contributed by atoms with Gasteiger partial charge in [-0.1, -0.05) is 30.3 Å². The van der Waals surface area contributed by atoms with Gasteiger partial charge < -0.3 is 15.0 Å². The van der Waals surface area contributed by atoms with Crippen LogP contribution in [0.3, 0.4) is 0 Å². The van der Waals surface area contributed by atoms with E-state index in [4.69, 9.17) is 4.74 Å². The predicted molar refractivity (Wildman–Crippen MR) is 110 cm³/mol. The smallest absolute Gasteiger partial charge is 0.260 e. The first kappa shape index (κ1) is 19.9. The summed E-state index contributed by atoms with van der Waals surface area (Å²) in [5.74, 6) is 0.741. The number of nitrogens with one attached hydrogen (secondary N) is 1. The van der Waals surface area contributed by atoms with Crippen LogP contribution in [0.1, 0.15) is 39.9 Å². The molecule has 28 heavy (non-hydrogen) atoms. The molecule has 0 aromatic heterocycles. The number of likely N-dealkylation sites (tertiary alicyclic amines) is 1. The molecule has 0 spiro atoms. The molecule has 1 heterocycles. The van der Waals surface area contributed by atoms with Crippen molar-refractivity contribution in [3.8, 4) is 5.75 Å². The monoisotopic (exact) mass is 380 g/mol. The van der Waals surface area contributed by atoms with Crippen LogP contribution in [0, 0.1) is 20.8 Å². The lowest BCUT2D eigenvalue weighted by atomic mass is 10.0. The van der Waals surface area contributed by atoms with Crippen molar-refractivity contribution in [3.63, 3.8) is 0 Å². The van der Waals surface area contributed by atoms with E-state index in [-0.39, 0.29) is 24.5 Å². The van der Waals surface area contributed by atoms with Crippen molar-refractivity contribution in [2.45, 2.75) is 39.7 Å². The maximum absolute atomic E-state index is 12.5. The van der Waals surface area contributed by atoms with Gasteiger partial charge in [-0.25, -0.2) is 0 Å². The minimum atomic E-state index is -0.0564. The van der Waals surface area contributed by atoms with Gasteiger partial charge in [0.1, 0.15) is 5.75 Å². The van der Waals surface area contributed by atoms with Gasteiger partial charge in [0, 0.05) is 24.7 Å². The quantitative estimate of drug-likeness (QED) is 0.865. The molecule has 1 aliphatic rings. The molecule has 5 nitrogen and oxygen atoms in total. The number of benzene rings is 2. The third-order valence-corrected chi connectivity index (χ3v) is 5.43. The van der Waals surface area contributed by atoms with E-state index in [0.29, 0.717) is 18.7 Å². The summed E-state index contributed by atoms with van der Waals surface area (Å²) in [5, 5.41) is 3.07. The Morgan fingerprint density at radius 2 is 1.64 bits per heavy atom. The number of hydrogen-bond donors (Lipinski definition) is 1. The minimum absolute atomic E-state index is 0.00635. The van der Waals surface area contributed by atoms with Gasteiger partial charge in [0.2, 0.25) is 0 Å². The summed E-state index contributed by atoms with van der Waals surface area (Å²) in [6, 6.07) is 13.4. The molecule has 0 bridgehead atoms. The standard InChI is InChI=1S/C23H28N2O3/c1-16-9-10-17(2)22(18(16)3)28-15-21(26)25-13-11-20(12-14-25)24-23(27)19-7-5-4-6-8-19/h4-10,20H,11-15H2,1-3H3,(H,24,27). The molecule has 5 heteroatoms. The summed E-state index contributed by atoms with van der Waals surface area (Å²) >= 11 is 0. The summed E-state index contributed by atoms with van der Waals surface area (Å²) in [6.07, 6.45) is 1.51. The SMILES string of the molecule is Cc1ccc(C)c(OCC(=O)N2CCC(NC(=O)c3ccccc3)CC2)c1C. The highest BCUT2D eigenvalue weighted by Gasteiger charge is 2.24. The van der Waals surface area contributed by atoms with Gasteiger partial charge in [-0.05, 0) is 62.4 Å². The fourth-order valence-corrected chi connectivity index (χ4v) is 3.50. The van der Waals surface area contributed by atoms with Crippen molar-refractivity contribution < 1.29 is 14.3 Å². The Morgan fingerprint density at radius 3 is 2.32 bits per heavy atom. The molecule has 2 aromatic rings. The number of aryl methyl sites for hydroxylation is 2. The first-order valence-corrected chi connectivity index (χ1v) is 9.79. The van der Waals surface area contributed by atoms with Crippen molar-refractivity contribution in [2.75, 3.05) is 19.7 Å². The first-order chi connectivity index (χ1) is 13.5. The van der Waals surface area contributed by atoms with E-state index in [0.717, 1.165) is 35.3 Å². The first-order valence-electron chi connectivity index (χ1n) is 9.79. The molecule has 0 unspecified atom stereocenters. The lowest BCUT2D eigenvalue weighted by Gasteiger charge is -2.32. The van der Waals surface area contributed by atoms with Gasteiger partial charge >= 0.3 is 0 Å². The highest BCUT2D eigenvalue weighted by Crippen LogP contribution is 2.25. The normalized spacial score (nSPS) is 14.6. The number of rotatable bonds is 5. The topological polar surface area (TPSA) is 58.6 Å². The molecule has 1 aliphatic heterocycles. The zero-order valence-corrected chi connectivity index (χ0v) is 16.8. The van der Waals surface area contributed by atoms with Gasteiger partial charge in [0.05, 0.1) is 0 Å². The van der Waals surface area contributed by atoms with Crippen molar-refractivity contribution in [2.24, 2.45) is 0 Å². The number of piperidine rings is 1. The van der Waals surface area contributed by atoms with E-state index in [2.05, 4.69) is 11.4 Å². The predicted octanol–water partition coefficient (Wildman–Crippen LogP) is 3.41. The molecule has 2 aromatic carbocycles. The van der Waals surface area contributed by atoms with E-state index in [9.17, 15) is 9.59 Å². The zero-order chi connectivity index (χ0) is 20.1. The van der Waals surface area contributed by atoms with Crippen LogP contribution in [-0.2, 0) is 4.79 Å². The number of carbonyl (C=O) groups is 2. The van der Waals surface area contributed by atoms with Gasteiger partial charge in [0.15, 0.2) is 6.61 Å². The van der Waals surface area contributed by atoms with Crippen molar-refractivity contribution in [1.29, 1.82) is 0 Å². The Kier molecular flexibility index (Phi) is 6.34. The van der Waals surface area contributed by atoms with Crippen LogP contribution >= 0.6 is 0 Å². The Hall–Kier alpha value is -2.82. The van der Waals surface area contributed by atoms with E-state index >= 15 is 0 Å². The van der Waals surface area contributed by atoms with Crippen molar-refractivity contribution in [3.05, 3.63) is 64.7 Å². The maximum Gasteiger partial charge on any atom is 0.260 e. The Balaban J connectivity index is 1.48. The fourth-order valence-electron chi connectivity index (χ4n) is 3.50. The second-order valence-corrected chi connectivity index (χ2v) is 7.44. The number of amides is 2. The highest BCUT2D eigenvalue weighted by molar-refractivity contribution is 5.94. The molecule has 0 atom stereocenters. The molecular formula is C23H28N2O3. The van der Waals surface area contributed by atoms with Crippen molar-refractivity contribution in [1.82, 2.24) is 10.2 Å². The molecule has 148 valence electrons. The van der Waals surface area contributed by atoms with E-state index in [1.807, 2.05) is 49.9 Å². The van der Waals surface area contributed by atoms with Gasteiger partial charge in [0.25, 0.3) is 11.8 Å². The average molecular weight is 380 g/mol. The minimum Gasteiger partial charge on any atom is -0.483 e. The van der Waals surface area contributed by atoms with Crippen LogP contribution in [0.5, 0.6) is 5.75 Å². The lowest BCUT2D eigenvalue weighted by molar-refractivity contribution is -0.134.